The molecule has 2 N–H and O–H groups in total. The lowest BCUT2D eigenvalue weighted by Crippen LogP contribution is -2.11. The maximum atomic E-state index is 12.0. The van der Waals surface area contributed by atoms with Gasteiger partial charge in [-0.15, -0.1) is 0 Å². The highest BCUT2D eigenvalue weighted by Gasteiger charge is 2.11. The maximum absolute atomic E-state index is 12.0. The molecule has 1 amide bonds. The lowest BCUT2D eigenvalue weighted by atomic mass is 10.2. The Balaban J connectivity index is 1.88. The number of aromatic nitrogens is 2. The van der Waals surface area contributed by atoms with Gasteiger partial charge in [-0.05, 0) is 30.3 Å². The van der Waals surface area contributed by atoms with E-state index in [1.165, 1.54) is 35.9 Å². The number of aromatic carboxylic acids is 1. The molecular formula is C14H9N3O3S. The lowest BCUT2D eigenvalue weighted by Gasteiger charge is -1.99. The largest absolute Gasteiger partial charge is 0.478 e. The number of nitrogens with one attached hydrogen (secondary N) is 1. The molecular weight excluding hydrogens is 290 g/mol. The third-order valence-corrected chi connectivity index (χ3v) is 3.73. The fourth-order valence-electron chi connectivity index (χ4n) is 1.78. The number of carboxylic acids is 1. The molecule has 7 heteroatoms. The van der Waals surface area contributed by atoms with Gasteiger partial charge < -0.3 is 5.11 Å². The van der Waals surface area contributed by atoms with E-state index in [0.717, 1.165) is 0 Å². The number of anilines is 1. The third-order valence-electron chi connectivity index (χ3n) is 2.80. The Labute approximate surface area is 123 Å². The Morgan fingerprint density at radius 3 is 2.57 bits per heavy atom. The van der Waals surface area contributed by atoms with Gasteiger partial charge in [-0.25, -0.2) is 9.78 Å². The fraction of sp³-hybridized carbons (Fsp3) is 0. The van der Waals surface area contributed by atoms with Crippen molar-refractivity contribution in [3.8, 4) is 0 Å². The number of pyridine rings is 1. The number of nitrogens with zero attached hydrogens (tertiary/aromatic N) is 2. The molecule has 3 aromatic rings. The van der Waals surface area contributed by atoms with Crippen molar-refractivity contribution >= 4 is 38.6 Å². The molecule has 6 nitrogen and oxygen atoms in total. The monoisotopic (exact) mass is 299 g/mol. The summed E-state index contributed by atoms with van der Waals surface area (Å²) < 4.78 is 0.708. The Morgan fingerprint density at radius 2 is 1.86 bits per heavy atom. The highest BCUT2D eigenvalue weighted by atomic mass is 32.1. The number of rotatable bonds is 3. The number of carbonyl (C=O) groups excluding carboxylic acids is 1. The molecule has 0 saturated carbocycles. The lowest BCUT2D eigenvalue weighted by molar-refractivity contribution is 0.0697. The predicted octanol–water partition coefficient (Wildman–Crippen LogP) is 2.64. The number of fused-ring (bicyclic) bond motifs is 1. The quantitative estimate of drug-likeness (QED) is 0.775. The summed E-state index contributed by atoms with van der Waals surface area (Å²) >= 11 is 1.23. The molecule has 0 aliphatic rings. The van der Waals surface area contributed by atoms with E-state index in [-0.39, 0.29) is 11.5 Å². The SMILES string of the molecule is O=C(O)c1ccc2nc(NC(=O)c3ccncc3)sc2c1. The first-order valence-electron chi connectivity index (χ1n) is 5.99. The van der Waals surface area contributed by atoms with E-state index >= 15 is 0 Å². The molecule has 0 bridgehead atoms. The number of hydrogen-bond donors (Lipinski definition) is 2. The zero-order valence-electron chi connectivity index (χ0n) is 10.6. The molecule has 0 saturated heterocycles. The molecule has 0 unspecified atom stereocenters. The van der Waals surface area contributed by atoms with Crippen molar-refractivity contribution in [2.75, 3.05) is 5.32 Å². The minimum Gasteiger partial charge on any atom is -0.478 e. The van der Waals surface area contributed by atoms with Crippen LogP contribution in [0.3, 0.4) is 0 Å². The van der Waals surface area contributed by atoms with Gasteiger partial charge in [0, 0.05) is 18.0 Å². The molecule has 3 rings (SSSR count). The third kappa shape index (κ3) is 2.72. The highest BCUT2D eigenvalue weighted by molar-refractivity contribution is 7.22. The van der Waals surface area contributed by atoms with Gasteiger partial charge in [-0.1, -0.05) is 11.3 Å². The van der Waals surface area contributed by atoms with E-state index < -0.39 is 5.97 Å². The van der Waals surface area contributed by atoms with Crippen LogP contribution in [0.15, 0.2) is 42.7 Å². The predicted molar refractivity (Wildman–Crippen MR) is 78.8 cm³/mol. The first-order valence-corrected chi connectivity index (χ1v) is 6.80. The average Bonchev–Trinajstić information content (AvgIpc) is 2.89. The molecule has 0 spiro atoms. The molecule has 2 heterocycles. The summed E-state index contributed by atoms with van der Waals surface area (Å²) in [4.78, 5) is 31.0. The summed E-state index contributed by atoms with van der Waals surface area (Å²) in [7, 11) is 0. The second kappa shape index (κ2) is 5.29. The zero-order valence-corrected chi connectivity index (χ0v) is 11.4. The minimum atomic E-state index is -0.993. The van der Waals surface area contributed by atoms with Crippen LogP contribution in [-0.2, 0) is 0 Å². The molecule has 21 heavy (non-hydrogen) atoms. The molecule has 2 aromatic heterocycles. The van der Waals surface area contributed by atoms with E-state index in [0.29, 0.717) is 20.9 Å². The van der Waals surface area contributed by atoms with Crippen molar-refractivity contribution in [1.29, 1.82) is 0 Å². The molecule has 0 aliphatic heterocycles. The molecule has 0 atom stereocenters. The fourth-order valence-corrected chi connectivity index (χ4v) is 2.68. The molecule has 1 aromatic carbocycles. The van der Waals surface area contributed by atoms with Crippen LogP contribution < -0.4 is 5.32 Å². The molecule has 0 aliphatic carbocycles. The Kier molecular flexibility index (Phi) is 3.33. The minimum absolute atomic E-state index is 0.193. The van der Waals surface area contributed by atoms with E-state index in [9.17, 15) is 9.59 Å². The van der Waals surface area contributed by atoms with Crippen LogP contribution in [0.2, 0.25) is 0 Å². The standard InChI is InChI=1S/C14H9N3O3S/c18-12(8-3-5-15-6-4-8)17-14-16-10-2-1-9(13(19)20)7-11(10)21-14/h1-7H,(H,19,20)(H,16,17,18). The number of benzene rings is 1. The van der Waals surface area contributed by atoms with Crippen molar-refractivity contribution in [2.24, 2.45) is 0 Å². The van der Waals surface area contributed by atoms with Crippen LogP contribution in [0, 0.1) is 0 Å². The summed E-state index contributed by atoms with van der Waals surface area (Å²) in [5.74, 6) is -1.28. The van der Waals surface area contributed by atoms with Crippen LogP contribution in [0.1, 0.15) is 20.7 Å². The maximum Gasteiger partial charge on any atom is 0.335 e. The topological polar surface area (TPSA) is 92.2 Å². The van der Waals surface area contributed by atoms with Crippen LogP contribution in [0.4, 0.5) is 5.13 Å². The van der Waals surface area contributed by atoms with Crippen molar-refractivity contribution in [2.45, 2.75) is 0 Å². The summed E-state index contributed by atoms with van der Waals surface area (Å²) in [6.07, 6.45) is 3.07. The van der Waals surface area contributed by atoms with Crippen molar-refractivity contribution in [3.05, 3.63) is 53.9 Å². The number of amides is 1. The molecule has 104 valence electrons. The Bertz CT molecular complexity index is 830. The smallest absolute Gasteiger partial charge is 0.335 e. The van der Waals surface area contributed by atoms with Crippen LogP contribution in [-0.4, -0.2) is 27.0 Å². The normalized spacial score (nSPS) is 10.5. The van der Waals surface area contributed by atoms with Crippen molar-refractivity contribution in [3.63, 3.8) is 0 Å². The zero-order chi connectivity index (χ0) is 14.8. The van der Waals surface area contributed by atoms with Crippen LogP contribution >= 0.6 is 11.3 Å². The summed E-state index contributed by atoms with van der Waals surface area (Å²) in [5.41, 5.74) is 1.32. The first kappa shape index (κ1) is 13.2. The molecule has 0 fully saturated rings. The van der Waals surface area contributed by atoms with Crippen LogP contribution in [0.5, 0.6) is 0 Å². The first-order chi connectivity index (χ1) is 10.1. The van der Waals surface area contributed by atoms with Gasteiger partial charge in [0.15, 0.2) is 5.13 Å². The number of thiazole rings is 1. The molecule has 0 radical (unpaired) electrons. The van der Waals surface area contributed by atoms with Crippen molar-refractivity contribution in [1.82, 2.24) is 9.97 Å². The summed E-state index contributed by atoms with van der Waals surface area (Å²) in [5, 5.41) is 12.1. The van der Waals surface area contributed by atoms with E-state index in [4.69, 9.17) is 5.11 Å². The van der Waals surface area contributed by atoms with Gasteiger partial charge in [0.2, 0.25) is 0 Å². The number of hydrogen-bond acceptors (Lipinski definition) is 5. The van der Waals surface area contributed by atoms with E-state index in [2.05, 4.69) is 15.3 Å². The van der Waals surface area contributed by atoms with Crippen molar-refractivity contribution < 1.29 is 14.7 Å². The number of carbonyl (C=O) groups is 2. The van der Waals surface area contributed by atoms with E-state index in [1.54, 1.807) is 18.2 Å². The highest BCUT2D eigenvalue weighted by Crippen LogP contribution is 2.27. The average molecular weight is 299 g/mol. The summed E-state index contributed by atoms with van der Waals surface area (Å²) in [6, 6.07) is 7.85. The Hall–Kier alpha value is -2.80. The van der Waals surface area contributed by atoms with Gasteiger partial charge in [0.25, 0.3) is 5.91 Å². The van der Waals surface area contributed by atoms with Crippen LogP contribution in [0.25, 0.3) is 10.2 Å². The number of carboxylic acid groups (broad SMARTS) is 1. The van der Waals surface area contributed by atoms with Gasteiger partial charge in [-0.3, -0.25) is 15.1 Å². The second-order valence-electron chi connectivity index (χ2n) is 4.20. The second-order valence-corrected chi connectivity index (χ2v) is 5.23. The van der Waals surface area contributed by atoms with Gasteiger partial charge in [0.1, 0.15) is 0 Å². The van der Waals surface area contributed by atoms with E-state index in [1.807, 2.05) is 0 Å². The Morgan fingerprint density at radius 1 is 1.10 bits per heavy atom. The van der Waals surface area contributed by atoms with Gasteiger partial charge in [0.05, 0.1) is 15.8 Å². The van der Waals surface area contributed by atoms with Gasteiger partial charge >= 0.3 is 5.97 Å². The summed E-state index contributed by atoms with van der Waals surface area (Å²) in [6.45, 7) is 0. The van der Waals surface area contributed by atoms with Gasteiger partial charge in [-0.2, -0.15) is 0 Å².